The molecule has 1 N–H and O–H groups in total. The number of rotatable bonds is 6. The molecule has 0 bridgehead atoms. The normalized spacial score (nSPS) is 13.1. The number of amides is 1. The van der Waals surface area contributed by atoms with Gasteiger partial charge in [0.15, 0.2) is 5.82 Å². The molecule has 5 rings (SSSR count). The first-order chi connectivity index (χ1) is 15.2. The molecule has 1 fully saturated rings. The van der Waals surface area contributed by atoms with E-state index < -0.39 is 0 Å². The number of ether oxygens (including phenoxy) is 1. The molecule has 0 radical (unpaired) electrons. The van der Waals surface area contributed by atoms with Crippen molar-refractivity contribution in [3.8, 4) is 28.4 Å². The molecule has 154 valence electrons. The third-order valence-electron chi connectivity index (χ3n) is 5.16. The Morgan fingerprint density at radius 2 is 1.97 bits per heavy atom. The Morgan fingerprint density at radius 3 is 2.74 bits per heavy atom. The predicted octanol–water partition coefficient (Wildman–Crippen LogP) is 4.00. The Labute approximate surface area is 179 Å². The zero-order chi connectivity index (χ0) is 21.2. The first-order valence-corrected chi connectivity index (χ1v) is 9.99. The molecular formula is C23H20N6O2. The van der Waals surface area contributed by atoms with Crippen molar-refractivity contribution >= 4 is 11.6 Å². The lowest BCUT2D eigenvalue weighted by Gasteiger charge is -2.09. The number of nitrogens with zero attached hydrogens (tertiary/aromatic N) is 5. The third-order valence-corrected chi connectivity index (χ3v) is 5.16. The Hall–Kier alpha value is -4.07. The van der Waals surface area contributed by atoms with Crippen LogP contribution in [0.4, 0.5) is 5.69 Å². The Bertz CT molecular complexity index is 1230. The fourth-order valence-corrected chi connectivity index (χ4v) is 3.41. The van der Waals surface area contributed by atoms with E-state index in [1.54, 1.807) is 38.0 Å². The number of hydrogen-bond acceptors (Lipinski definition) is 6. The lowest BCUT2D eigenvalue weighted by molar-refractivity contribution is 0.102. The van der Waals surface area contributed by atoms with Gasteiger partial charge in [0.2, 0.25) is 5.88 Å². The Kier molecular flexibility index (Phi) is 4.87. The number of hydrogen-bond donors (Lipinski definition) is 1. The van der Waals surface area contributed by atoms with Gasteiger partial charge in [-0.15, -0.1) is 10.2 Å². The van der Waals surface area contributed by atoms with Crippen molar-refractivity contribution in [2.75, 3.05) is 12.4 Å². The second kappa shape index (κ2) is 7.98. The predicted molar refractivity (Wildman–Crippen MR) is 116 cm³/mol. The summed E-state index contributed by atoms with van der Waals surface area (Å²) in [5.41, 5.74) is 3.62. The van der Waals surface area contributed by atoms with E-state index >= 15 is 0 Å². The van der Waals surface area contributed by atoms with E-state index in [4.69, 9.17) is 4.74 Å². The second-order valence-corrected chi connectivity index (χ2v) is 7.35. The quantitative estimate of drug-likeness (QED) is 0.514. The van der Waals surface area contributed by atoms with Crippen LogP contribution >= 0.6 is 0 Å². The highest BCUT2D eigenvalue weighted by molar-refractivity contribution is 6.03. The van der Waals surface area contributed by atoms with Crippen molar-refractivity contribution in [1.29, 1.82) is 0 Å². The summed E-state index contributed by atoms with van der Waals surface area (Å²) in [5.74, 6) is 1.06. The molecule has 1 aromatic carbocycles. The van der Waals surface area contributed by atoms with Gasteiger partial charge in [0.1, 0.15) is 12.0 Å². The highest BCUT2D eigenvalue weighted by Crippen LogP contribution is 2.37. The summed E-state index contributed by atoms with van der Waals surface area (Å²) in [7, 11) is 1.57. The van der Waals surface area contributed by atoms with Crippen molar-refractivity contribution in [1.82, 2.24) is 24.7 Å². The van der Waals surface area contributed by atoms with Gasteiger partial charge in [-0.1, -0.05) is 12.1 Å². The smallest absolute Gasteiger partial charge is 0.274 e. The average Bonchev–Trinajstić information content (AvgIpc) is 3.55. The van der Waals surface area contributed by atoms with Gasteiger partial charge < -0.3 is 14.6 Å². The van der Waals surface area contributed by atoms with Gasteiger partial charge in [-0.25, -0.2) is 4.98 Å². The van der Waals surface area contributed by atoms with Crippen molar-refractivity contribution in [2.24, 2.45) is 0 Å². The number of aromatic nitrogens is 5. The number of methoxy groups -OCH3 is 1. The third kappa shape index (κ3) is 4.00. The number of pyridine rings is 2. The van der Waals surface area contributed by atoms with Crippen LogP contribution < -0.4 is 10.1 Å². The average molecular weight is 412 g/mol. The summed E-state index contributed by atoms with van der Waals surface area (Å²) < 4.78 is 7.19. The number of benzene rings is 1. The highest BCUT2D eigenvalue weighted by Gasteiger charge is 2.26. The van der Waals surface area contributed by atoms with Gasteiger partial charge in [-0.2, -0.15) is 0 Å². The van der Waals surface area contributed by atoms with Crippen molar-refractivity contribution in [3.05, 3.63) is 72.9 Å². The van der Waals surface area contributed by atoms with Crippen LogP contribution in [0.25, 0.3) is 22.5 Å². The van der Waals surface area contributed by atoms with Crippen molar-refractivity contribution in [2.45, 2.75) is 18.9 Å². The van der Waals surface area contributed by atoms with E-state index in [0.29, 0.717) is 23.3 Å². The maximum Gasteiger partial charge on any atom is 0.274 e. The van der Waals surface area contributed by atoms with Gasteiger partial charge in [0.05, 0.1) is 7.11 Å². The maximum atomic E-state index is 12.8. The standard InChI is InChI=1S/C23H20N6O2/c1-31-21-8-5-17(13-25-21)15-9-10-24-20(12-15)23(30)27-18-4-2-3-16(11-18)22-28-26-14-29(22)19-6-7-19/h2-5,8-14,19H,6-7H2,1H3,(H,27,30). The minimum atomic E-state index is -0.288. The molecule has 31 heavy (non-hydrogen) atoms. The molecule has 4 aromatic rings. The van der Waals surface area contributed by atoms with E-state index in [2.05, 4.69) is 30.0 Å². The summed E-state index contributed by atoms with van der Waals surface area (Å²) in [6.07, 6.45) is 7.38. The lowest BCUT2D eigenvalue weighted by Crippen LogP contribution is -2.13. The van der Waals surface area contributed by atoms with E-state index in [1.165, 1.54) is 0 Å². The van der Waals surface area contributed by atoms with E-state index in [0.717, 1.165) is 35.4 Å². The van der Waals surface area contributed by atoms with Crippen LogP contribution in [0.15, 0.2) is 67.3 Å². The van der Waals surface area contributed by atoms with Gasteiger partial charge in [0, 0.05) is 41.3 Å². The van der Waals surface area contributed by atoms with Gasteiger partial charge in [0.25, 0.3) is 5.91 Å². The molecule has 8 nitrogen and oxygen atoms in total. The summed E-state index contributed by atoms with van der Waals surface area (Å²) in [6, 6.07) is 15.3. The maximum absolute atomic E-state index is 12.8. The van der Waals surface area contributed by atoms with Crippen LogP contribution in [0.3, 0.4) is 0 Å². The molecule has 8 heteroatoms. The van der Waals surface area contributed by atoms with E-state index in [9.17, 15) is 4.79 Å². The van der Waals surface area contributed by atoms with Gasteiger partial charge in [-0.05, 0) is 48.7 Å². The number of anilines is 1. The first kappa shape index (κ1) is 18.9. The summed E-state index contributed by atoms with van der Waals surface area (Å²) in [6.45, 7) is 0. The van der Waals surface area contributed by atoms with Crippen molar-refractivity contribution < 1.29 is 9.53 Å². The Morgan fingerprint density at radius 1 is 1.06 bits per heavy atom. The molecule has 0 unspecified atom stereocenters. The van der Waals surface area contributed by atoms with Crippen LogP contribution in [0, 0.1) is 0 Å². The molecule has 1 aliphatic carbocycles. The minimum absolute atomic E-state index is 0.288. The summed E-state index contributed by atoms with van der Waals surface area (Å²) in [4.78, 5) is 21.3. The zero-order valence-electron chi connectivity index (χ0n) is 16.9. The topological polar surface area (TPSA) is 94.8 Å². The van der Waals surface area contributed by atoms with Crippen LogP contribution in [0.2, 0.25) is 0 Å². The zero-order valence-corrected chi connectivity index (χ0v) is 16.9. The lowest BCUT2D eigenvalue weighted by atomic mass is 10.1. The van der Waals surface area contributed by atoms with Crippen LogP contribution in [-0.2, 0) is 0 Å². The van der Waals surface area contributed by atoms with Crippen molar-refractivity contribution in [3.63, 3.8) is 0 Å². The molecule has 1 amide bonds. The molecule has 3 aromatic heterocycles. The highest BCUT2D eigenvalue weighted by atomic mass is 16.5. The SMILES string of the molecule is COc1ccc(-c2ccnc(C(=O)Nc3cccc(-c4nncn4C4CC4)c3)c2)cn1. The Balaban J connectivity index is 1.36. The number of carbonyl (C=O) groups is 1. The molecule has 1 saturated carbocycles. The van der Waals surface area contributed by atoms with Crippen LogP contribution in [0.1, 0.15) is 29.4 Å². The summed E-state index contributed by atoms with van der Waals surface area (Å²) >= 11 is 0. The van der Waals surface area contributed by atoms with Gasteiger partial charge in [-0.3, -0.25) is 9.78 Å². The number of nitrogens with one attached hydrogen (secondary N) is 1. The molecule has 0 spiro atoms. The number of carbonyl (C=O) groups excluding carboxylic acids is 1. The van der Waals surface area contributed by atoms with Crippen LogP contribution in [-0.4, -0.2) is 37.7 Å². The molecule has 3 heterocycles. The first-order valence-electron chi connectivity index (χ1n) is 9.99. The monoisotopic (exact) mass is 412 g/mol. The molecule has 1 aliphatic rings. The molecule has 0 atom stereocenters. The molecule has 0 saturated heterocycles. The second-order valence-electron chi connectivity index (χ2n) is 7.35. The van der Waals surface area contributed by atoms with E-state index in [-0.39, 0.29) is 5.91 Å². The minimum Gasteiger partial charge on any atom is -0.481 e. The fourth-order valence-electron chi connectivity index (χ4n) is 3.41. The van der Waals surface area contributed by atoms with E-state index in [1.807, 2.05) is 36.4 Å². The van der Waals surface area contributed by atoms with Gasteiger partial charge >= 0.3 is 0 Å². The largest absolute Gasteiger partial charge is 0.481 e. The molecular weight excluding hydrogens is 392 g/mol. The summed E-state index contributed by atoms with van der Waals surface area (Å²) in [5, 5.41) is 11.2. The molecule has 0 aliphatic heterocycles. The van der Waals surface area contributed by atoms with Crippen LogP contribution in [0.5, 0.6) is 5.88 Å². The fraction of sp³-hybridized carbons (Fsp3) is 0.174.